The van der Waals surface area contributed by atoms with Crippen LogP contribution in [0.25, 0.3) is 11.2 Å². The number of fused-ring (bicyclic) bond motifs is 1. The molecule has 0 radical (unpaired) electrons. The summed E-state index contributed by atoms with van der Waals surface area (Å²) in [6, 6.07) is 4.55. The smallest absolute Gasteiger partial charge is 0.347 e. The summed E-state index contributed by atoms with van der Waals surface area (Å²) in [5, 5.41) is 4.99. The summed E-state index contributed by atoms with van der Waals surface area (Å²) in [5.74, 6) is 1.15. The van der Waals surface area contributed by atoms with Gasteiger partial charge >= 0.3 is 11.4 Å². The van der Waals surface area contributed by atoms with Gasteiger partial charge in [-0.2, -0.15) is 14.4 Å². The molecule has 21 nitrogen and oxygen atoms in total. The van der Waals surface area contributed by atoms with Gasteiger partial charge in [0.25, 0.3) is 17.4 Å². The van der Waals surface area contributed by atoms with E-state index < -0.39 is 11.7 Å². The standard InChI is InChI=1S/C9H11N4.C9H14N2O.C8H11FN2O.C8H12N2O.C7H12N4.C7H10N2O2.CH4.W/c1-6(2)13-5-11-8-4-10-7(3)12-9(8)13;1-6(2)11-5-7(3)9(12)10-8(11)4;1-5(2)11-4-7(9)8(12)10-6(11)3;1-6(2)10-5-4-7(3)9-8(10)11;1-5(2)11-4-9-7(8)10-6(11)3;1-5(2)9-4-3-6(10)8-7(9)11;;/h5-6H,1-3H3;5-6H,4H2,1-3H3,(H,10,12);4-5H,3H2,1-2H3,(H,10,12);4-6H,1-3H3;4-5H,3H2,1-2H3,(H2,8,10);3-5H,1-2H3,(H,8,10,11);1H4;/q-1;;;;;;;. The maximum Gasteiger partial charge on any atom is 0.347 e. The molecule has 4 aromatic heterocycles. The molecule has 0 aliphatic carbocycles. The van der Waals surface area contributed by atoms with Gasteiger partial charge in [0.05, 0.1) is 6.33 Å². The van der Waals surface area contributed by atoms with Gasteiger partial charge in [0, 0.05) is 116 Å². The van der Waals surface area contributed by atoms with Gasteiger partial charge in [-0.15, -0.1) is 0 Å². The van der Waals surface area contributed by atoms with Crippen LogP contribution in [0.2, 0.25) is 0 Å². The van der Waals surface area contributed by atoms with Gasteiger partial charge in [0.1, 0.15) is 23.8 Å². The number of nitrogens with zero attached hydrogens (tertiary/aromatic N) is 12. The van der Waals surface area contributed by atoms with E-state index in [1.807, 2.05) is 110 Å². The average Bonchev–Trinajstić information content (AvgIpc) is 3.67. The van der Waals surface area contributed by atoms with Crippen molar-refractivity contribution in [2.24, 2.45) is 15.7 Å². The third kappa shape index (κ3) is 20.0. The van der Waals surface area contributed by atoms with E-state index in [-0.39, 0.29) is 75.4 Å². The molecule has 0 saturated heterocycles. The van der Waals surface area contributed by atoms with Crippen LogP contribution in [0, 0.1) is 20.0 Å². The molecule has 7 rings (SSSR count). The molecule has 3 aliphatic heterocycles. The van der Waals surface area contributed by atoms with Crippen molar-refractivity contribution in [3.63, 3.8) is 0 Å². The molecule has 0 spiro atoms. The maximum atomic E-state index is 12.7. The van der Waals surface area contributed by atoms with Crippen LogP contribution >= 0.6 is 0 Å². The van der Waals surface area contributed by atoms with E-state index in [2.05, 4.69) is 85.3 Å². The Labute approximate surface area is 436 Å². The van der Waals surface area contributed by atoms with Crippen molar-refractivity contribution in [1.29, 1.82) is 0 Å². The van der Waals surface area contributed by atoms with Crippen molar-refractivity contribution < 1.29 is 35.0 Å². The molecule has 0 saturated carbocycles. The number of H-pyrrole nitrogens is 1. The Morgan fingerprint density at radius 3 is 1.68 bits per heavy atom. The second-order valence-electron chi connectivity index (χ2n) is 17.5. The van der Waals surface area contributed by atoms with Crippen LogP contribution in [-0.2, 0) is 30.7 Å². The first-order valence-corrected chi connectivity index (χ1v) is 22.5. The van der Waals surface area contributed by atoms with Crippen LogP contribution < -0.4 is 33.3 Å². The molecular formula is C49H74FN16O5W-. The molecule has 3 aliphatic rings. The number of hydrogen-bond acceptors (Lipinski definition) is 15. The van der Waals surface area contributed by atoms with Gasteiger partial charge in [0.15, 0.2) is 0 Å². The van der Waals surface area contributed by atoms with Crippen molar-refractivity contribution in [1.82, 2.24) is 64.0 Å². The van der Waals surface area contributed by atoms with Gasteiger partial charge < -0.3 is 45.6 Å². The first kappa shape index (κ1) is 64.9. The number of carbonyl (C=O) groups excluding carboxylic acids is 2. The molecule has 23 heteroatoms. The van der Waals surface area contributed by atoms with E-state index in [1.54, 1.807) is 35.3 Å². The fourth-order valence-electron chi connectivity index (χ4n) is 5.87. The molecule has 0 fully saturated rings. The minimum Gasteiger partial charge on any atom is -0.371 e. The minimum atomic E-state index is -0.781. The number of aromatic amines is 1. The monoisotopic (exact) mass is 1170 g/mol. The summed E-state index contributed by atoms with van der Waals surface area (Å²) in [4.78, 5) is 86.1. The Morgan fingerprint density at radius 1 is 0.681 bits per heavy atom. The second kappa shape index (κ2) is 29.9. The van der Waals surface area contributed by atoms with Gasteiger partial charge in [-0.25, -0.2) is 14.6 Å². The van der Waals surface area contributed by atoms with E-state index in [0.29, 0.717) is 35.6 Å². The predicted molar refractivity (Wildman–Crippen MR) is 279 cm³/mol. The Balaban J connectivity index is 0.000000837. The van der Waals surface area contributed by atoms with Crippen LogP contribution in [0.15, 0.2) is 116 Å². The molecule has 7 heterocycles. The number of imidazole rings is 1. The van der Waals surface area contributed by atoms with Crippen LogP contribution in [0.4, 0.5) is 4.39 Å². The molecule has 0 bridgehead atoms. The average molecular weight is 1170 g/mol. The van der Waals surface area contributed by atoms with Crippen LogP contribution in [-0.4, -0.2) is 95.6 Å². The quantitative estimate of drug-likeness (QED) is 0.156. The predicted octanol–water partition coefficient (Wildman–Crippen LogP) is 6.23. The van der Waals surface area contributed by atoms with Crippen molar-refractivity contribution in [3.05, 3.63) is 141 Å². The summed E-state index contributed by atoms with van der Waals surface area (Å²) in [6.07, 6.45) is 12.5. The zero-order chi connectivity index (χ0) is 53.3. The minimum absolute atomic E-state index is 0. The molecule has 5 N–H and O–H groups in total. The van der Waals surface area contributed by atoms with Gasteiger partial charge in [-0.3, -0.25) is 33.5 Å². The fraction of sp³-hybridized carbons (Fsp3) is 0.449. The largest absolute Gasteiger partial charge is 0.371 e. The molecule has 2 amide bonds. The summed E-state index contributed by atoms with van der Waals surface area (Å²) in [6.45, 7) is 40.3. The molecule has 4 aromatic rings. The third-order valence-electron chi connectivity index (χ3n) is 9.67. The van der Waals surface area contributed by atoms with E-state index in [4.69, 9.17) is 5.73 Å². The Hall–Kier alpha value is -7.09. The first-order valence-electron chi connectivity index (χ1n) is 22.5. The van der Waals surface area contributed by atoms with Crippen molar-refractivity contribution in [2.75, 3.05) is 0 Å². The Kier molecular flexibility index (Phi) is 27.0. The number of aliphatic imine (C=N–C) groups is 2. The van der Waals surface area contributed by atoms with E-state index in [9.17, 15) is 28.4 Å². The number of hydrogen-bond donors (Lipinski definition) is 4. The molecular weight excluding hydrogens is 1100 g/mol. The SMILES string of the molecule is C.C=C1N=C(N)N=CN1C(C)C.C=C1NC(=O)C(C)=CN1C(C)C.C=C1NC(=O)C(F)=CN1C(C)C.CC(C)n1ccc(=O)[nH]c1=O.Cc1ccn(C(C)C)c(=O)n1.Cc1n[c-]c2ncn(C(C)C)c2n1.[W]. The van der Waals surface area contributed by atoms with Gasteiger partial charge in [-0.05, 0) is 109 Å². The van der Waals surface area contributed by atoms with Crippen LogP contribution in [0.3, 0.4) is 0 Å². The summed E-state index contributed by atoms with van der Waals surface area (Å²) >= 11 is 0. The molecule has 0 aromatic carbocycles. The van der Waals surface area contributed by atoms with Gasteiger partial charge in [0.2, 0.25) is 11.8 Å². The van der Waals surface area contributed by atoms with Crippen LogP contribution in [0.5, 0.6) is 0 Å². The number of amides is 2. The number of nitrogens with two attached hydrogens (primary N) is 1. The first-order chi connectivity index (χ1) is 32.5. The Morgan fingerprint density at radius 2 is 1.19 bits per heavy atom. The molecule has 0 unspecified atom stereocenters. The van der Waals surface area contributed by atoms with E-state index in [1.165, 1.54) is 16.8 Å². The number of carbonyl (C=O) groups is 2. The fourth-order valence-corrected chi connectivity index (χ4v) is 5.87. The normalized spacial score (nSPS) is 13.9. The van der Waals surface area contributed by atoms with E-state index >= 15 is 0 Å². The van der Waals surface area contributed by atoms with E-state index in [0.717, 1.165) is 34.5 Å². The molecule has 72 heavy (non-hydrogen) atoms. The molecule has 0 atom stereocenters. The number of halogens is 1. The van der Waals surface area contributed by atoms with Crippen molar-refractivity contribution in [2.45, 2.75) is 148 Å². The number of guanidine groups is 1. The maximum absolute atomic E-state index is 12.7. The zero-order valence-corrected chi connectivity index (χ0v) is 46.4. The summed E-state index contributed by atoms with van der Waals surface area (Å²) < 4.78 is 17.8. The second-order valence-corrected chi connectivity index (χ2v) is 17.5. The van der Waals surface area contributed by atoms with Crippen molar-refractivity contribution >= 4 is 35.3 Å². The number of nitrogens with one attached hydrogen (secondary N) is 3. The van der Waals surface area contributed by atoms with Crippen LogP contribution in [0.1, 0.15) is 127 Å². The molecule has 394 valence electrons. The number of rotatable bonds is 6. The zero-order valence-electron chi connectivity index (χ0n) is 43.5. The number of aryl methyl sites for hydroxylation is 2. The summed E-state index contributed by atoms with van der Waals surface area (Å²) in [5.41, 5.74) is 7.56. The van der Waals surface area contributed by atoms with Crippen molar-refractivity contribution in [3.8, 4) is 0 Å². The Bertz CT molecular complexity index is 2740. The topological polar surface area (TPSA) is 252 Å². The summed E-state index contributed by atoms with van der Waals surface area (Å²) in [7, 11) is 0. The third-order valence-corrected chi connectivity index (χ3v) is 9.67. The number of aromatic nitrogens is 8. The van der Waals surface area contributed by atoms with Gasteiger partial charge in [-0.1, -0.05) is 34.1 Å².